The van der Waals surface area contributed by atoms with Gasteiger partial charge in [-0.05, 0) is 39.3 Å². The maximum atomic E-state index is 12.2. The fourth-order valence-electron chi connectivity index (χ4n) is 2.49. The van der Waals surface area contributed by atoms with Crippen molar-refractivity contribution in [2.45, 2.75) is 45.4 Å². The van der Waals surface area contributed by atoms with Crippen molar-refractivity contribution in [2.24, 2.45) is 0 Å². The Hall–Kier alpha value is -1.39. The lowest BCUT2D eigenvalue weighted by Gasteiger charge is -2.24. The number of carbonyl (C=O) groups excluding carboxylic acids is 1. The molecule has 1 aromatic rings. The number of ether oxygens (including phenoxy) is 1. The van der Waals surface area contributed by atoms with Crippen LogP contribution in [0.2, 0.25) is 0 Å². The monoisotopic (exact) mass is 290 g/mol. The standard InChI is InChI=1S/C17H26N2O2/c1-13-6-8-15(9-7-13)12-19(3)14(2)17(20)18-11-16-5-4-10-21-16/h6-9,14,16H,4-5,10-12H2,1-3H3,(H,18,20). The van der Waals surface area contributed by atoms with Crippen molar-refractivity contribution >= 4 is 5.91 Å². The van der Waals surface area contributed by atoms with Crippen molar-refractivity contribution in [1.29, 1.82) is 0 Å². The van der Waals surface area contributed by atoms with Crippen LogP contribution in [0.3, 0.4) is 0 Å². The zero-order valence-corrected chi connectivity index (χ0v) is 13.3. The van der Waals surface area contributed by atoms with E-state index in [0.29, 0.717) is 6.54 Å². The normalized spacial score (nSPS) is 19.7. The summed E-state index contributed by atoms with van der Waals surface area (Å²) in [6, 6.07) is 8.29. The van der Waals surface area contributed by atoms with Crippen LogP contribution in [-0.2, 0) is 16.1 Å². The molecule has 1 amide bonds. The minimum atomic E-state index is -0.146. The second-order valence-electron chi connectivity index (χ2n) is 5.96. The van der Waals surface area contributed by atoms with Crippen LogP contribution in [0, 0.1) is 6.92 Å². The van der Waals surface area contributed by atoms with Gasteiger partial charge in [-0.15, -0.1) is 0 Å². The van der Waals surface area contributed by atoms with Crippen LogP contribution in [0.4, 0.5) is 0 Å². The lowest BCUT2D eigenvalue weighted by molar-refractivity contribution is -0.126. The van der Waals surface area contributed by atoms with Crippen LogP contribution in [0.5, 0.6) is 0 Å². The summed E-state index contributed by atoms with van der Waals surface area (Å²) in [4.78, 5) is 14.2. The number of likely N-dealkylation sites (N-methyl/N-ethyl adjacent to an activating group) is 1. The van der Waals surface area contributed by atoms with Gasteiger partial charge in [0.1, 0.15) is 0 Å². The molecule has 1 heterocycles. The predicted octanol–water partition coefficient (Wildman–Crippen LogP) is 2.11. The molecule has 1 aliphatic rings. The van der Waals surface area contributed by atoms with Gasteiger partial charge in [0.05, 0.1) is 12.1 Å². The second kappa shape index (κ2) is 7.57. The Kier molecular flexibility index (Phi) is 5.76. The lowest BCUT2D eigenvalue weighted by Crippen LogP contribution is -2.45. The number of amides is 1. The summed E-state index contributed by atoms with van der Waals surface area (Å²) in [6.45, 7) is 6.24. The average molecular weight is 290 g/mol. The molecule has 0 bridgehead atoms. The third-order valence-corrected chi connectivity index (χ3v) is 4.12. The first kappa shape index (κ1) is 16.0. The van der Waals surface area contributed by atoms with E-state index in [2.05, 4.69) is 41.4 Å². The molecule has 0 aromatic heterocycles. The SMILES string of the molecule is Cc1ccc(CN(C)C(C)C(=O)NCC2CCCO2)cc1. The Morgan fingerprint density at radius 1 is 1.43 bits per heavy atom. The van der Waals surface area contributed by atoms with Gasteiger partial charge in [-0.3, -0.25) is 9.69 Å². The van der Waals surface area contributed by atoms with Crippen LogP contribution in [-0.4, -0.2) is 43.2 Å². The first-order chi connectivity index (χ1) is 10.1. The molecule has 21 heavy (non-hydrogen) atoms. The molecule has 2 rings (SSSR count). The van der Waals surface area contributed by atoms with Crippen molar-refractivity contribution < 1.29 is 9.53 Å². The van der Waals surface area contributed by atoms with E-state index in [4.69, 9.17) is 4.74 Å². The quantitative estimate of drug-likeness (QED) is 0.872. The molecular formula is C17H26N2O2. The summed E-state index contributed by atoms with van der Waals surface area (Å²) >= 11 is 0. The van der Waals surface area contributed by atoms with E-state index in [1.165, 1.54) is 11.1 Å². The highest BCUT2D eigenvalue weighted by atomic mass is 16.5. The summed E-state index contributed by atoms with van der Waals surface area (Å²) in [5, 5.41) is 2.99. The van der Waals surface area contributed by atoms with E-state index < -0.39 is 0 Å². The smallest absolute Gasteiger partial charge is 0.237 e. The molecule has 0 aliphatic carbocycles. The highest BCUT2D eigenvalue weighted by molar-refractivity contribution is 5.81. The van der Waals surface area contributed by atoms with Crippen LogP contribution in [0.25, 0.3) is 0 Å². The molecule has 1 fully saturated rings. The number of aryl methyl sites for hydroxylation is 1. The van der Waals surface area contributed by atoms with Gasteiger partial charge in [-0.1, -0.05) is 29.8 Å². The first-order valence-electron chi connectivity index (χ1n) is 7.71. The van der Waals surface area contributed by atoms with Crippen molar-refractivity contribution in [2.75, 3.05) is 20.2 Å². The summed E-state index contributed by atoms with van der Waals surface area (Å²) < 4.78 is 5.52. The predicted molar refractivity (Wildman–Crippen MR) is 84.1 cm³/mol. The largest absolute Gasteiger partial charge is 0.376 e. The van der Waals surface area contributed by atoms with Gasteiger partial charge >= 0.3 is 0 Å². The van der Waals surface area contributed by atoms with E-state index in [-0.39, 0.29) is 18.1 Å². The Morgan fingerprint density at radius 2 is 2.14 bits per heavy atom. The third-order valence-electron chi connectivity index (χ3n) is 4.12. The van der Waals surface area contributed by atoms with Crippen molar-refractivity contribution in [3.63, 3.8) is 0 Å². The van der Waals surface area contributed by atoms with E-state index in [1.54, 1.807) is 0 Å². The van der Waals surface area contributed by atoms with Gasteiger partial charge < -0.3 is 10.1 Å². The van der Waals surface area contributed by atoms with Gasteiger partial charge in [-0.25, -0.2) is 0 Å². The van der Waals surface area contributed by atoms with Gasteiger partial charge in [0.25, 0.3) is 0 Å². The third kappa shape index (κ3) is 4.83. The molecule has 1 N–H and O–H groups in total. The Morgan fingerprint density at radius 3 is 2.76 bits per heavy atom. The van der Waals surface area contributed by atoms with Crippen LogP contribution >= 0.6 is 0 Å². The van der Waals surface area contributed by atoms with E-state index in [9.17, 15) is 4.79 Å². The molecule has 0 radical (unpaired) electrons. The van der Waals surface area contributed by atoms with Crippen molar-refractivity contribution in [1.82, 2.24) is 10.2 Å². The molecule has 4 heteroatoms. The minimum absolute atomic E-state index is 0.0695. The van der Waals surface area contributed by atoms with Crippen LogP contribution in [0.15, 0.2) is 24.3 Å². The fraction of sp³-hybridized carbons (Fsp3) is 0.588. The van der Waals surface area contributed by atoms with Gasteiger partial charge in [0.15, 0.2) is 0 Å². The molecule has 0 saturated carbocycles. The van der Waals surface area contributed by atoms with Gasteiger partial charge in [0, 0.05) is 19.7 Å². The van der Waals surface area contributed by atoms with Crippen molar-refractivity contribution in [3.8, 4) is 0 Å². The molecule has 0 spiro atoms. The number of hydrogen-bond acceptors (Lipinski definition) is 3. The highest BCUT2D eigenvalue weighted by Crippen LogP contribution is 2.11. The lowest BCUT2D eigenvalue weighted by atomic mass is 10.1. The summed E-state index contributed by atoms with van der Waals surface area (Å²) in [6.07, 6.45) is 2.35. The fourth-order valence-corrected chi connectivity index (χ4v) is 2.49. The Bertz CT molecular complexity index is 452. The first-order valence-corrected chi connectivity index (χ1v) is 7.71. The number of nitrogens with one attached hydrogen (secondary N) is 1. The summed E-state index contributed by atoms with van der Waals surface area (Å²) in [7, 11) is 1.98. The number of rotatable bonds is 6. The molecule has 1 aromatic carbocycles. The van der Waals surface area contributed by atoms with Crippen molar-refractivity contribution in [3.05, 3.63) is 35.4 Å². The van der Waals surface area contributed by atoms with Crippen LogP contribution in [0.1, 0.15) is 30.9 Å². The number of carbonyl (C=O) groups is 1. The van der Waals surface area contributed by atoms with E-state index in [1.807, 2.05) is 14.0 Å². The van der Waals surface area contributed by atoms with E-state index in [0.717, 1.165) is 26.0 Å². The average Bonchev–Trinajstić information content (AvgIpc) is 2.99. The summed E-state index contributed by atoms with van der Waals surface area (Å²) in [5.41, 5.74) is 2.48. The van der Waals surface area contributed by atoms with Gasteiger partial charge in [0.2, 0.25) is 5.91 Å². The molecule has 4 nitrogen and oxygen atoms in total. The number of hydrogen-bond donors (Lipinski definition) is 1. The molecule has 2 atom stereocenters. The highest BCUT2D eigenvalue weighted by Gasteiger charge is 2.21. The Balaban J connectivity index is 1.78. The molecule has 1 saturated heterocycles. The van der Waals surface area contributed by atoms with E-state index >= 15 is 0 Å². The molecule has 116 valence electrons. The zero-order valence-electron chi connectivity index (χ0n) is 13.3. The molecule has 1 aliphatic heterocycles. The zero-order chi connectivity index (χ0) is 15.2. The topological polar surface area (TPSA) is 41.6 Å². The maximum Gasteiger partial charge on any atom is 0.237 e. The maximum absolute atomic E-state index is 12.2. The Labute approximate surface area is 127 Å². The molecular weight excluding hydrogens is 264 g/mol. The number of nitrogens with zero attached hydrogens (tertiary/aromatic N) is 1. The summed E-state index contributed by atoms with van der Waals surface area (Å²) in [5.74, 6) is 0.0695. The number of benzene rings is 1. The van der Waals surface area contributed by atoms with Crippen LogP contribution < -0.4 is 5.32 Å². The van der Waals surface area contributed by atoms with Gasteiger partial charge in [-0.2, -0.15) is 0 Å². The second-order valence-corrected chi connectivity index (χ2v) is 5.96. The minimum Gasteiger partial charge on any atom is -0.376 e. The molecule has 2 unspecified atom stereocenters.